The minimum absolute atomic E-state index is 0.761. The van der Waals surface area contributed by atoms with Crippen LogP contribution in [0.3, 0.4) is 0 Å². The number of halogens is 4. The van der Waals surface area contributed by atoms with E-state index in [1.165, 1.54) is 12.1 Å². The monoisotopic (exact) mass is 223 g/mol. The van der Waals surface area contributed by atoms with Gasteiger partial charge in [0.05, 0.1) is 0 Å². The minimum atomic E-state index is -5.15. The van der Waals surface area contributed by atoms with Crippen LogP contribution < -0.4 is 5.73 Å². The largest absolute Gasteiger partial charge is 0.508 e. The van der Waals surface area contributed by atoms with E-state index < -0.39 is 29.7 Å². The van der Waals surface area contributed by atoms with Gasteiger partial charge in [0, 0.05) is 12.1 Å². The summed E-state index contributed by atoms with van der Waals surface area (Å²) in [5, 5.41) is 9.15. The van der Waals surface area contributed by atoms with Gasteiger partial charge >= 0.3 is 6.18 Å². The van der Waals surface area contributed by atoms with E-state index in [9.17, 15) is 17.6 Å². The van der Waals surface area contributed by atoms with Crippen molar-refractivity contribution in [3.05, 3.63) is 29.8 Å². The lowest BCUT2D eigenvalue weighted by atomic mass is 9.94. The second-order valence-electron chi connectivity index (χ2n) is 3.02. The molecule has 1 rings (SSSR count). The van der Waals surface area contributed by atoms with Crippen molar-refractivity contribution in [3.8, 4) is 5.75 Å². The lowest BCUT2D eigenvalue weighted by Gasteiger charge is -2.27. The Hall–Kier alpha value is -1.30. The van der Waals surface area contributed by atoms with Crippen molar-refractivity contribution in [3.63, 3.8) is 0 Å². The number of hydrogen-bond donors (Lipinski definition) is 2. The van der Waals surface area contributed by atoms with Crippen LogP contribution in [0.25, 0.3) is 0 Å². The maximum atomic E-state index is 13.6. The highest BCUT2D eigenvalue weighted by atomic mass is 19.4. The molecule has 0 saturated carbocycles. The highest BCUT2D eigenvalue weighted by molar-refractivity contribution is 5.38. The molecule has 0 aliphatic heterocycles. The summed E-state index contributed by atoms with van der Waals surface area (Å²) < 4.78 is 50.8. The maximum absolute atomic E-state index is 13.6. The molecule has 0 aliphatic rings. The standard InChI is InChI=1S/C9H9F4NO/c10-8(5-14,9(11,12)13)6-3-1-2-4-7(6)15/h1-4,15H,5,14H2. The van der Waals surface area contributed by atoms with E-state index in [4.69, 9.17) is 10.8 Å². The van der Waals surface area contributed by atoms with Crippen LogP contribution in [-0.4, -0.2) is 17.8 Å². The van der Waals surface area contributed by atoms with Crippen LogP contribution in [0.4, 0.5) is 17.6 Å². The Balaban J connectivity index is 3.30. The number of alkyl halides is 4. The van der Waals surface area contributed by atoms with Crippen LogP contribution in [0, 0.1) is 0 Å². The molecule has 0 heterocycles. The zero-order valence-corrected chi connectivity index (χ0v) is 7.55. The van der Waals surface area contributed by atoms with E-state index in [-0.39, 0.29) is 0 Å². The van der Waals surface area contributed by atoms with E-state index >= 15 is 0 Å². The molecule has 1 aromatic carbocycles. The molecule has 0 fully saturated rings. The maximum Gasteiger partial charge on any atom is 0.428 e. The average molecular weight is 223 g/mol. The molecule has 84 valence electrons. The van der Waals surface area contributed by atoms with Crippen molar-refractivity contribution >= 4 is 0 Å². The Morgan fingerprint density at radius 2 is 1.67 bits per heavy atom. The first-order chi connectivity index (χ1) is 6.83. The topological polar surface area (TPSA) is 46.2 Å². The molecule has 0 aromatic heterocycles. The third kappa shape index (κ3) is 1.90. The Morgan fingerprint density at radius 3 is 2.07 bits per heavy atom. The summed E-state index contributed by atoms with van der Waals surface area (Å²) in [4.78, 5) is 0. The molecular formula is C9H9F4NO. The molecule has 0 spiro atoms. The Kier molecular flexibility index (Phi) is 2.90. The number of rotatable bonds is 2. The van der Waals surface area contributed by atoms with E-state index in [0.717, 1.165) is 12.1 Å². The number of phenols is 1. The Bertz CT molecular complexity index is 352. The normalized spacial score (nSPS) is 16.1. The van der Waals surface area contributed by atoms with Gasteiger partial charge in [-0.1, -0.05) is 18.2 Å². The van der Waals surface area contributed by atoms with Crippen molar-refractivity contribution < 1.29 is 22.7 Å². The van der Waals surface area contributed by atoms with Gasteiger partial charge in [0.25, 0.3) is 0 Å². The Morgan fingerprint density at radius 1 is 1.13 bits per heavy atom. The van der Waals surface area contributed by atoms with Crippen LogP contribution in [-0.2, 0) is 5.67 Å². The van der Waals surface area contributed by atoms with Gasteiger partial charge in [-0.3, -0.25) is 0 Å². The fourth-order valence-electron chi connectivity index (χ4n) is 1.19. The number of benzene rings is 1. The van der Waals surface area contributed by atoms with Gasteiger partial charge in [-0.2, -0.15) is 13.2 Å². The van der Waals surface area contributed by atoms with E-state index in [2.05, 4.69) is 0 Å². The molecule has 0 bridgehead atoms. The Labute approximate surface area is 83.3 Å². The summed E-state index contributed by atoms with van der Waals surface area (Å²) in [6.45, 7) is -1.27. The van der Waals surface area contributed by atoms with Crippen LogP contribution in [0.15, 0.2) is 24.3 Å². The molecule has 1 aromatic rings. The highest BCUT2D eigenvalue weighted by Gasteiger charge is 2.57. The fraction of sp³-hybridized carbons (Fsp3) is 0.333. The SMILES string of the molecule is NCC(F)(c1ccccc1O)C(F)(F)F. The van der Waals surface area contributed by atoms with Crippen molar-refractivity contribution in [2.24, 2.45) is 5.73 Å². The molecule has 2 nitrogen and oxygen atoms in total. The third-order valence-corrected chi connectivity index (χ3v) is 2.06. The predicted octanol–water partition coefficient (Wildman–Crippen LogP) is 2.08. The van der Waals surface area contributed by atoms with Crippen molar-refractivity contribution in [1.82, 2.24) is 0 Å². The van der Waals surface area contributed by atoms with Crippen molar-refractivity contribution in [1.29, 1.82) is 0 Å². The number of aromatic hydroxyl groups is 1. The molecular weight excluding hydrogens is 214 g/mol. The van der Waals surface area contributed by atoms with Crippen LogP contribution in [0.1, 0.15) is 5.56 Å². The average Bonchev–Trinajstić information content (AvgIpc) is 2.15. The van der Waals surface area contributed by atoms with Gasteiger partial charge in [0.15, 0.2) is 0 Å². The van der Waals surface area contributed by atoms with Gasteiger partial charge in [0.1, 0.15) is 5.75 Å². The van der Waals surface area contributed by atoms with Gasteiger partial charge in [0.2, 0.25) is 5.67 Å². The molecule has 0 aliphatic carbocycles. The molecule has 0 saturated heterocycles. The summed E-state index contributed by atoms with van der Waals surface area (Å²) in [5.41, 5.74) is 0.217. The second-order valence-corrected chi connectivity index (χ2v) is 3.02. The van der Waals surface area contributed by atoms with Gasteiger partial charge in [-0.15, -0.1) is 0 Å². The van der Waals surface area contributed by atoms with Crippen molar-refractivity contribution in [2.75, 3.05) is 6.54 Å². The number of nitrogens with two attached hydrogens (primary N) is 1. The van der Waals surface area contributed by atoms with Crippen LogP contribution >= 0.6 is 0 Å². The van der Waals surface area contributed by atoms with E-state index in [1.54, 1.807) is 0 Å². The van der Waals surface area contributed by atoms with E-state index in [1.807, 2.05) is 0 Å². The van der Waals surface area contributed by atoms with Crippen LogP contribution in [0.5, 0.6) is 5.75 Å². The van der Waals surface area contributed by atoms with Crippen LogP contribution in [0.2, 0.25) is 0 Å². The lowest BCUT2D eigenvalue weighted by Crippen LogP contribution is -2.44. The summed E-state index contributed by atoms with van der Waals surface area (Å²) in [6.07, 6.45) is -5.15. The van der Waals surface area contributed by atoms with Gasteiger partial charge < -0.3 is 10.8 Å². The number of phenolic OH excluding ortho intramolecular Hbond substituents is 1. The predicted molar refractivity (Wildman–Crippen MR) is 46.0 cm³/mol. The molecule has 6 heteroatoms. The number of hydrogen-bond acceptors (Lipinski definition) is 2. The zero-order valence-electron chi connectivity index (χ0n) is 7.55. The molecule has 0 amide bonds. The highest BCUT2D eigenvalue weighted by Crippen LogP contribution is 2.44. The first kappa shape index (κ1) is 11.8. The van der Waals surface area contributed by atoms with Crippen molar-refractivity contribution in [2.45, 2.75) is 11.8 Å². The quantitative estimate of drug-likeness (QED) is 0.754. The number of para-hydroxylation sites is 1. The first-order valence-corrected chi connectivity index (χ1v) is 4.07. The third-order valence-electron chi connectivity index (χ3n) is 2.06. The van der Waals surface area contributed by atoms with Gasteiger partial charge in [-0.25, -0.2) is 4.39 Å². The summed E-state index contributed by atoms with van der Waals surface area (Å²) in [6, 6.07) is 4.33. The van der Waals surface area contributed by atoms with Gasteiger partial charge in [-0.05, 0) is 6.07 Å². The summed E-state index contributed by atoms with van der Waals surface area (Å²) in [7, 11) is 0. The minimum Gasteiger partial charge on any atom is -0.508 e. The fourth-order valence-corrected chi connectivity index (χ4v) is 1.19. The molecule has 0 radical (unpaired) electrons. The molecule has 3 N–H and O–H groups in total. The zero-order chi connectivity index (χ0) is 11.7. The smallest absolute Gasteiger partial charge is 0.428 e. The summed E-state index contributed by atoms with van der Waals surface area (Å²) in [5.74, 6) is -0.761. The lowest BCUT2D eigenvalue weighted by molar-refractivity contribution is -0.232. The summed E-state index contributed by atoms with van der Waals surface area (Å²) >= 11 is 0. The van der Waals surface area contributed by atoms with E-state index in [0.29, 0.717) is 0 Å². The first-order valence-electron chi connectivity index (χ1n) is 4.07. The molecule has 1 unspecified atom stereocenters. The second kappa shape index (κ2) is 3.69. The molecule has 1 atom stereocenters. The molecule has 15 heavy (non-hydrogen) atoms.